The van der Waals surface area contributed by atoms with Crippen LogP contribution in [0.5, 0.6) is 0 Å². The summed E-state index contributed by atoms with van der Waals surface area (Å²) in [7, 11) is 1.12. The molecule has 0 aliphatic rings. The highest BCUT2D eigenvalue weighted by Gasteiger charge is 2.17. The molecule has 0 saturated carbocycles. The fourth-order valence-electron chi connectivity index (χ4n) is 1.35. The van der Waals surface area contributed by atoms with Crippen LogP contribution in [-0.4, -0.2) is 36.7 Å². The van der Waals surface area contributed by atoms with Crippen LogP contribution in [0, 0.1) is 5.82 Å². The van der Waals surface area contributed by atoms with Gasteiger partial charge in [-0.2, -0.15) is 0 Å². The number of hydrogen-bond donors (Lipinski definition) is 2. The van der Waals surface area contributed by atoms with Crippen molar-refractivity contribution in [2.75, 3.05) is 13.7 Å². The Morgan fingerprint density at radius 2 is 2.21 bits per heavy atom. The minimum absolute atomic E-state index is 0.0641. The summed E-state index contributed by atoms with van der Waals surface area (Å²) in [4.78, 5) is 22.4. The van der Waals surface area contributed by atoms with Crippen LogP contribution in [0.15, 0.2) is 18.2 Å². The van der Waals surface area contributed by atoms with E-state index in [2.05, 4.69) is 10.1 Å². The van der Waals surface area contributed by atoms with E-state index in [9.17, 15) is 19.1 Å². The molecule has 1 aromatic rings. The molecule has 19 heavy (non-hydrogen) atoms. The number of aliphatic hydroxyl groups is 1. The Hall–Kier alpha value is -1.66. The molecule has 1 unspecified atom stereocenters. The van der Waals surface area contributed by atoms with E-state index in [-0.39, 0.29) is 23.6 Å². The van der Waals surface area contributed by atoms with Gasteiger partial charge in [-0.1, -0.05) is 17.7 Å². The number of esters is 1. The molecule has 5 nitrogen and oxygen atoms in total. The molecular weight excluding hydrogens is 277 g/mol. The van der Waals surface area contributed by atoms with Gasteiger partial charge in [0.25, 0.3) is 0 Å². The fourth-order valence-corrected chi connectivity index (χ4v) is 1.58. The van der Waals surface area contributed by atoms with E-state index in [1.165, 1.54) is 18.2 Å². The van der Waals surface area contributed by atoms with Crippen LogP contribution in [0.25, 0.3) is 0 Å². The average Bonchev–Trinajstić information content (AvgIpc) is 2.39. The Morgan fingerprint density at radius 1 is 1.53 bits per heavy atom. The van der Waals surface area contributed by atoms with Crippen molar-refractivity contribution in [1.29, 1.82) is 0 Å². The molecule has 1 atom stereocenters. The van der Waals surface area contributed by atoms with Crippen molar-refractivity contribution < 1.29 is 23.8 Å². The van der Waals surface area contributed by atoms with Gasteiger partial charge in [-0.25, -0.2) is 9.18 Å². The highest BCUT2D eigenvalue weighted by molar-refractivity contribution is 6.31. The van der Waals surface area contributed by atoms with E-state index < -0.39 is 23.8 Å². The molecule has 0 radical (unpaired) electrons. The molecule has 0 aliphatic heterocycles. The van der Waals surface area contributed by atoms with Gasteiger partial charge in [0.1, 0.15) is 5.82 Å². The Labute approximate surface area is 114 Å². The zero-order valence-electron chi connectivity index (χ0n) is 10.2. The molecule has 1 aromatic carbocycles. The Bertz CT molecular complexity index is 461. The van der Waals surface area contributed by atoms with Crippen molar-refractivity contribution in [2.45, 2.75) is 12.5 Å². The van der Waals surface area contributed by atoms with Crippen molar-refractivity contribution >= 4 is 23.5 Å². The van der Waals surface area contributed by atoms with Gasteiger partial charge in [0.2, 0.25) is 5.91 Å². The number of carbonyl (C=O) groups is 2. The molecule has 0 saturated heterocycles. The molecule has 0 heterocycles. The summed E-state index contributed by atoms with van der Waals surface area (Å²) in [6.45, 7) is -0.308. The van der Waals surface area contributed by atoms with Crippen LogP contribution in [0.3, 0.4) is 0 Å². The van der Waals surface area contributed by atoms with Gasteiger partial charge in [0.15, 0.2) is 6.10 Å². The van der Waals surface area contributed by atoms with Crippen LogP contribution >= 0.6 is 11.6 Å². The van der Waals surface area contributed by atoms with Gasteiger partial charge in [-0.05, 0) is 12.1 Å². The lowest BCUT2D eigenvalue weighted by molar-refractivity contribution is -0.150. The zero-order valence-corrected chi connectivity index (χ0v) is 10.9. The summed E-state index contributed by atoms with van der Waals surface area (Å²) in [6, 6.07) is 4.09. The highest BCUT2D eigenvalue weighted by Crippen LogP contribution is 2.19. The Balaban J connectivity index is 2.54. The van der Waals surface area contributed by atoms with Crippen molar-refractivity contribution in [2.24, 2.45) is 0 Å². The third kappa shape index (κ3) is 4.50. The number of ether oxygens (including phenoxy) is 1. The molecule has 0 bridgehead atoms. The number of amides is 1. The normalized spacial score (nSPS) is 11.8. The summed E-state index contributed by atoms with van der Waals surface area (Å²) in [5.74, 6) is -2.00. The van der Waals surface area contributed by atoms with Gasteiger partial charge >= 0.3 is 5.97 Å². The first-order valence-electron chi connectivity index (χ1n) is 5.41. The molecular formula is C12H13ClFNO4. The number of carbonyl (C=O) groups excluding carboxylic acids is 2. The smallest absolute Gasteiger partial charge is 0.336 e. The first-order chi connectivity index (χ1) is 8.95. The first-order valence-corrected chi connectivity index (χ1v) is 5.79. The summed E-state index contributed by atoms with van der Waals surface area (Å²) in [5, 5.41) is 11.7. The number of halogens is 2. The molecule has 104 valence electrons. The number of benzene rings is 1. The maximum atomic E-state index is 13.4. The van der Waals surface area contributed by atoms with E-state index in [1.807, 2.05) is 0 Å². The maximum Gasteiger partial charge on any atom is 0.336 e. The van der Waals surface area contributed by atoms with Gasteiger partial charge in [0.05, 0.1) is 20.1 Å². The van der Waals surface area contributed by atoms with Crippen molar-refractivity contribution in [3.8, 4) is 0 Å². The summed E-state index contributed by atoms with van der Waals surface area (Å²) < 4.78 is 17.7. The number of methoxy groups -OCH3 is 1. The number of aliphatic hydroxyl groups excluding tert-OH is 1. The lowest BCUT2D eigenvalue weighted by Crippen LogP contribution is -2.38. The van der Waals surface area contributed by atoms with E-state index >= 15 is 0 Å². The number of nitrogens with one attached hydrogen (secondary N) is 1. The second kappa shape index (κ2) is 7.06. The molecule has 1 rings (SSSR count). The maximum absolute atomic E-state index is 13.4. The first kappa shape index (κ1) is 15.4. The van der Waals surface area contributed by atoms with Crippen LogP contribution in [0.1, 0.15) is 5.56 Å². The van der Waals surface area contributed by atoms with Gasteiger partial charge in [-0.3, -0.25) is 4.79 Å². The van der Waals surface area contributed by atoms with E-state index in [0.29, 0.717) is 0 Å². The minimum Gasteiger partial charge on any atom is -0.467 e. The summed E-state index contributed by atoms with van der Waals surface area (Å²) in [6.07, 6.45) is -1.73. The minimum atomic E-state index is -1.45. The van der Waals surface area contributed by atoms with E-state index in [1.54, 1.807) is 0 Å². The van der Waals surface area contributed by atoms with Gasteiger partial charge < -0.3 is 15.2 Å². The molecule has 2 N–H and O–H groups in total. The van der Waals surface area contributed by atoms with Crippen LogP contribution < -0.4 is 5.32 Å². The predicted octanol–water partition coefficient (Wildman–Crippen LogP) is 0.672. The number of hydrogen-bond acceptors (Lipinski definition) is 4. The largest absolute Gasteiger partial charge is 0.467 e. The van der Waals surface area contributed by atoms with Gasteiger partial charge in [-0.15, -0.1) is 0 Å². The third-order valence-electron chi connectivity index (χ3n) is 2.36. The zero-order chi connectivity index (χ0) is 14.4. The van der Waals surface area contributed by atoms with Crippen molar-refractivity contribution in [1.82, 2.24) is 5.32 Å². The quantitative estimate of drug-likeness (QED) is 0.781. The summed E-state index contributed by atoms with van der Waals surface area (Å²) in [5.41, 5.74) is 0.0641. The lowest BCUT2D eigenvalue weighted by Gasteiger charge is -2.10. The lowest BCUT2D eigenvalue weighted by atomic mass is 10.1. The van der Waals surface area contributed by atoms with Crippen LogP contribution in [-0.2, 0) is 20.7 Å². The van der Waals surface area contributed by atoms with E-state index in [0.717, 1.165) is 7.11 Å². The molecule has 0 aromatic heterocycles. The number of rotatable bonds is 5. The van der Waals surface area contributed by atoms with E-state index in [4.69, 9.17) is 11.6 Å². The Kier molecular flexibility index (Phi) is 5.72. The fraction of sp³-hybridized carbons (Fsp3) is 0.333. The van der Waals surface area contributed by atoms with Crippen LogP contribution in [0.4, 0.5) is 4.39 Å². The molecule has 1 amide bonds. The van der Waals surface area contributed by atoms with Crippen molar-refractivity contribution in [3.05, 3.63) is 34.6 Å². The summed E-state index contributed by atoms with van der Waals surface area (Å²) >= 11 is 5.77. The standard InChI is InChI=1S/C12H13ClFNO4/c1-19-12(18)10(16)6-15-11(17)5-7-8(13)3-2-4-9(7)14/h2-4,10,16H,5-6H2,1H3,(H,15,17). The molecule has 7 heteroatoms. The second-order valence-electron chi connectivity index (χ2n) is 3.72. The topological polar surface area (TPSA) is 75.6 Å². The second-order valence-corrected chi connectivity index (χ2v) is 4.13. The predicted molar refractivity (Wildman–Crippen MR) is 66.1 cm³/mol. The molecule has 0 spiro atoms. The monoisotopic (exact) mass is 289 g/mol. The molecule has 0 aliphatic carbocycles. The van der Waals surface area contributed by atoms with Crippen LogP contribution in [0.2, 0.25) is 5.02 Å². The van der Waals surface area contributed by atoms with Gasteiger partial charge in [0, 0.05) is 10.6 Å². The van der Waals surface area contributed by atoms with Crippen molar-refractivity contribution in [3.63, 3.8) is 0 Å². The highest BCUT2D eigenvalue weighted by atomic mass is 35.5. The average molecular weight is 290 g/mol. The Morgan fingerprint density at radius 3 is 2.79 bits per heavy atom. The molecule has 0 fully saturated rings. The third-order valence-corrected chi connectivity index (χ3v) is 2.72. The SMILES string of the molecule is COC(=O)C(O)CNC(=O)Cc1c(F)cccc1Cl.